The van der Waals surface area contributed by atoms with Crippen LogP contribution in [0.15, 0.2) is 53.9 Å². The molecule has 0 bridgehead atoms. The van der Waals surface area contributed by atoms with Gasteiger partial charge < -0.3 is 10.6 Å². The Morgan fingerprint density at radius 1 is 1.18 bits per heavy atom. The first-order valence-electron chi connectivity index (χ1n) is 9.91. The van der Waals surface area contributed by atoms with Crippen molar-refractivity contribution < 1.29 is 9.59 Å². The molecule has 3 rings (SSSR count). The number of nitrogens with two attached hydrogens (primary N) is 1. The average Bonchev–Trinajstić information content (AvgIpc) is 3.35. The molecule has 1 aromatic carbocycles. The smallest absolute Gasteiger partial charge is 0.246 e. The van der Waals surface area contributed by atoms with E-state index in [1.54, 1.807) is 17.4 Å². The number of hydrogen-bond acceptors (Lipinski definition) is 4. The van der Waals surface area contributed by atoms with Gasteiger partial charge in [-0.25, -0.2) is 0 Å². The first-order valence-corrected chi connectivity index (χ1v) is 10.8. The van der Waals surface area contributed by atoms with Crippen LogP contribution in [0.5, 0.6) is 0 Å². The Morgan fingerprint density at radius 2 is 1.89 bits per heavy atom. The number of nitrogens with zero attached hydrogens (tertiary/aromatic N) is 1. The summed E-state index contributed by atoms with van der Waals surface area (Å²) in [6, 6.07) is 11.7. The number of carbonyl (C=O) groups excluding carboxylic acids is 2. The summed E-state index contributed by atoms with van der Waals surface area (Å²) in [5.41, 5.74) is 8.54. The van der Waals surface area contributed by atoms with Gasteiger partial charge in [0.25, 0.3) is 0 Å². The molecule has 0 radical (unpaired) electrons. The van der Waals surface area contributed by atoms with Crippen molar-refractivity contribution in [1.82, 2.24) is 4.90 Å². The van der Waals surface area contributed by atoms with E-state index >= 15 is 0 Å². The Hall–Kier alpha value is -2.24. The van der Waals surface area contributed by atoms with Crippen LogP contribution >= 0.6 is 11.3 Å². The molecule has 0 aliphatic carbocycles. The maximum absolute atomic E-state index is 12.6. The molecule has 5 heteroatoms. The molecular formula is C23H28N2O2S. The second-order valence-electron chi connectivity index (χ2n) is 7.43. The number of amides is 1. The lowest BCUT2D eigenvalue weighted by Gasteiger charge is -2.16. The van der Waals surface area contributed by atoms with Crippen LogP contribution in [0.4, 0.5) is 0 Å². The van der Waals surface area contributed by atoms with Crippen LogP contribution < -0.4 is 5.73 Å². The predicted molar refractivity (Wildman–Crippen MR) is 114 cm³/mol. The number of carbonyl (C=O) groups is 2. The monoisotopic (exact) mass is 396 g/mol. The quantitative estimate of drug-likeness (QED) is 0.649. The zero-order valence-electron chi connectivity index (χ0n) is 16.3. The minimum absolute atomic E-state index is 0.00707. The van der Waals surface area contributed by atoms with Crippen LogP contribution in [-0.4, -0.2) is 22.6 Å². The summed E-state index contributed by atoms with van der Waals surface area (Å²) >= 11 is 1.62. The first kappa shape index (κ1) is 20.5. The number of fused-ring (bicyclic) bond motifs is 1. The fourth-order valence-electron chi connectivity index (χ4n) is 3.62. The average molecular weight is 397 g/mol. The van der Waals surface area contributed by atoms with Crippen molar-refractivity contribution in [3.8, 4) is 0 Å². The molecule has 0 fully saturated rings. The van der Waals surface area contributed by atoms with E-state index in [1.807, 2.05) is 40.6 Å². The van der Waals surface area contributed by atoms with E-state index in [-0.39, 0.29) is 17.6 Å². The molecule has 0 saturated heterocycles. The predicted octanol–water partition coefficient (Wildman–Crippen LogP) is 4.09. The molecule has 1 aliphatic heterocycles. The zero-order chi connectivity index (χ0) is 19.9. The highest BCUT2D eigenvalue weighted by Crippen LogP contribution is 2.23. The second-order valence-corrected chi connectivity index (χ2v) is 8.46. The third kappa shape index (κ3) is 5.40. The number of ketones is 1. The molecule has 2 N–H and O–H groups in total. The number of thiophene rings is 1. The Bertz CT molecular complexity index is 804. The van der Waals surface area contributed by atoms with Gasteiger partial charge in [-0.05, 0) is 41.0 Å². The molecule has 1 amide bonds. The Morgan fingerprint density at radius 3 is 2.50 bits per heavy atom. The molecule has 2 aromatic rings. The summed E-state index contributed by atoms with van der Waals surface area (Å²) in [6.45, 7) is 3.40. The van der Waals surface area contributed by atoms with Gasteiger partial charge in [0.1, 0.15) is 5.78 Å². The number of Topliss-reactive ketones (excluding diaryl/α,β-unsaturated/α-hetero) is 1. The Balaban J connectivity index is 1.55. The highest BCUT2D eigenvalue weighted by molar-refractivity contribution is 7.09. The number of hydrogen-bond donors (Lipinski definition) is 1. The van der Waals surface area contributed by atoms with Crippen molar-refractivity contribution >= 4 is 23.0 Å². The number of rotatable bonds is 9. The van der Waals surface area contributed by atoms with E-state index in [1.165, 1.54) is 11.1 Å². The van der Waals surface area contributed by atoms with E-state index in [2.05, 4.69) is 19.1 Å². The summed E-state index contributed by atoms with van der Waals surface area (Å²) in [6.07, 6.45) is 6.37. The van der Waals surface area contributed by atoms with Crippen LogP contribution in [0.2, 0.25) is 0 Å². The molecule has 0 spiro atoms. The maximum atomic E-state index is 12.6. The summed E-state index contributed by atoms with van der Waals surface area (Å²) in [7, 11) is 0. The lowest BCUT2D eigenvalue weighted by atomic mass is 9.93. The SMILES string of the molecule is CCC[C@@H](/C=C/C(=O)N1Cc2ccccc2C1)CC(=O)[C@@H](N)Cc1cccs1. The van der Waals surface area contributed by atoms with Crippen LogP contribution in [0, 0.1) is 5.92 Å². The molecule has 2 heterocycles. The Kier molecular flexibility index (Phi) is 7.18. The van der Waals surface area contributed by atoms with Crippen molar-refractivity contribution in [1.29, 1.82) is 0 Å². The second kappa shape index (κ2) is 9.80. The van der Waals surface area contributed by atoms with Gasteiger partial charge in [-0.2, -0.15) is 0 Å². The van der Waals surface area contributed by atoms with E-state index in [9.17, 15) is 9.59 Å². The van der Waals surface area contributed by atoms with Crippen molar-refractivity contribution in [3.05, 3.63) is 69.9 Å². The van der Waals surface area contributed by atoms with Gasteiger partial charge in [0, 0.05) is 30.8 Å². The van der Waals surface area contributed by atoms with E-state index in [0.29, 0.717) is 25.9 Å². The molecule has 1 aromatic heterocycles. The van der Waals surface area contributed by atoms with E-state index in [0.717, 1.165) is 17.7 Å². The normalized spacial score (nSPS) is 15.6. The van der Waals surface area contributed by atoms with Gasteiger partial charge >= 0.3 is 0 Å². The molecule has 28 heavy (non-hydrogen) atoms. The zero-order valence-corrected chi connectivity index (χ0v) is 17.2. The molecule has 0 saturated carbocycles. The summed E-state index contributed by atoms with van der Waals surface area (Å²) in [4.78, 5) is 28.1. The third-order valence-electron chi connectivity index (χ3n) is 5.20. The number of benzene rings is 1. The fourth-order valence-corrected chi connectivity index (χ4v) is 4.38. The lowest BCUT2D eigenvalue weighted by molar-refractivity contribution is -0.126. The molecule has 1 aliphatic rings. The van der Waals surface area contributed by atoms with Crippen LogP contribution in [0.3, 0.4) is 0 Å². The molecular weight excluding hydrogens is 368 g/mol. The summed E-state index contributed by atoms with van der Waals surface area (Å²) in [5, 5.41) is 2.00. The number of allylic oxidation sites excluding steroid dienone is 1. The van der Waals surface area contributed by atoms with Crippen molar-refractivity contribution in [2.75, 3.05) is 0 Å². The topological polar surface area (TPSA) is 63.4 Å². The van der Waals surface area contributed by atoms with Gasteiger partial charge in [-0.15, -0.1) is 11.3 Å². The van der Waals surface area contributed by atoms with Crippen molar-refractivity contribution in [2.45, 2.75) is 51.7 Å². The van der Waals surface area contributed by atoms with Crippen LogP contribution in [0.1, 0.15) is 42.2 Å². The molecule has 148 valence electrons. The maximum Gasteiger partial charge on any atom is 0.246 e. The summed E-state index contributed by atoms with van der Waals surface area (Å²) < 4.78 is 0. The minimum atomic E-state index is -0.477. The molecule has 2 atom stereocenters. The van der Waals surface area contributed by atoms with E-state index in [4.69, 9.17) is 5.73 Å². The molecule has 4 nitrogen and oxygen atoms in total. The standard InChI is InChI=1S/C23H28N2O2S/c1-2-6-17(13-22(26)21(24)14-20-9-5-12-28-20)10-11-23(27)25-15-18-7-3-4-8-19(18)16-25/h3-5,7-12,17,21H,2,6,13-16,24H2,1H3/b11-10+/t17-,21-/m0/s1. The lowest BCUT2D eigenvalue weighted by Crippen LogP contribution is -2.33. The molecule has 0 unspecified atom stereocenters. The fraction of sp³-hybridized carbons (Fsp3) is 0.391. The van der Waals surface area contributed by atoms with Crippen molar-refractivity contribution in [3.63, 3.8) is 0 Å². The van der Waals surface area contributed by atoms with Gasteiger partial charge in [-0.1, -0.05) is 49.8 Å². The minimum Gasteiger partial charge on any atom is -0.330 e. The van der Waals surface area contributed by atoms with Crippen molar-refractivity contribution in [2.24, 2.45) is 11.7 Å². The Labute approximate surface area is 171 Å². The largest absolute Gasteiger partial charge is 0.330 e. The van der Waals surface area contributed by atoms with Crippen LogP contribution in [0.25, 0.3) is 0 Å². The van der Waals surface area contributed by atoms with Crippen LogP contribution in [-0.2, 0) is 29.1 Å². The van der Waals surface area contributed by atoms with Gasteiger partial charge in [0.15, 0.2) is 0 Å². The van der Waals surface area contributed by atoms with Gasteiger partial charge in [-0.3, -0.25) is 9.59 Å². The van der Waals surface area contributed by atoms with E-state index < -0.39 is 6.04 Å². The highest BCUT2D eigenvalue weighted by atomic mass is 32.1. The van der Waals surface area contributed by atoms with Gasteiger partial charge in [0.05, 0.1) is 6.04 Å². The first-order chi connectivity index (χ1) is 13.6. The third-order valence-corrected chi connectivity index (χ3v) is 6.10. The highest BCUT2D eigenvalue weighted by Gasteiger charge is 2.22. The summed E-state index contributed by atoms with van der Waals surface area (Å²) in [5.74, 6) is 0.131. The van der Waals surface area contributed by atoms with Gasteiger partial charge in [0.2, 0.25) is 5.91 Å².